The topological polar surface area (TPSA) is 67.9 Å². The van der Waals surface area contributed by atoms with E-state index < -0.39 is 0 Å². The molecule has 1 fully saturated rings. The van der Waals surface area contributed by atoms with Gasteiger partial charge in [0.1, 0.15) is 0 Å². The molecule has 6 heteroatoms. The second kappa shape index (κ2) is 9.45. The molecule has 0 bridgehead atoms. The van der Waals surface area contributed by atoms with Gasteiger partial charge < -0.3 is 19.7 Å². The van der Waals surface area contributed by atoms with E-state index in [4.69, 9.17) is 9.47 Å². The Bertz CT molecular complexity index is 873. The average Bonchev–Trinajstić information content (AvgIpc) is 2.75. The molecule has 0 aromatic heterocycles. The Morgan fingerprint density at radius 1 is 1.03 bits per heavy atom. The van der Waals surface area contributed by atoms with E-state index >= 15 is 0 Å². The van der Waals surface area contributed by atoms with E-state index in [0.29, 0.717) is 37.4 Å². The minimum Gasteiger partial charge on any atom is -0.493 e. The lowest BCUT2D eigenvalue weighted by atomic mass is 9.95. The minimum atomic E-state index is -0.0888. The summed E-state index contributed by atoms with van der Waals surface area (Å²) in [4.78, 5) is 26.9. The van der Waals surface area contributed by atoms with Crippen molar-refractivity contribution < 1.29 is 19.1 Å². The monoisotopic (exact) mass is 396 g/mol. The number of aryl methyl sites for hydroxylation is 1. The molecule has 1 saturated heterocycles. The number of amides is 2. The number of anilines is 1. The summed E-state index contributed by atoms with van der Waals surface area (Å²) in [5.74, 6) is 1.00. The summed E-state index contributed by atoms with van der Waals surface area (Å²) < 4.78 is 10.9. The highest BCUT2D eigenvalue weighted by molar-refractivity contribution is 5.93. The Kier molecular flexibility index (Phi) is 6.75. The normalized spacial score (nSPS) is 14.4. The number of ether oxygens (including phenoxy) is 2. The summed E-state index contributed by atoms with van der Waals surface area (Å²) in [6.45, 7) is 5.11. The van der Waals surface area contributed by atoms with E-state index in [9.17, 15) is 9.59 Å². The number of carbonyl (C=O) groups is 2. The number of para-hydroxylation sites is 2. The molecule has 0 radical (unpaired) electrons. The average molecular weight is 396 g/mol. The van der Waals surface area contributed by atoms with Crippen molar-refractivity contribution in [2.24, 2.45) is 5.92 Å². The molecule has 0 atom stereocenters. The van der Waals surface area contributed by atoms with Crippen LogP contribution in [-0.2, 0) is 9.59 Å². The maximum Gasteiger partial charge on any atom is 0.260 e. The van der Waals surface area contributed by atoms with Gasteiger partial charge in [0.05, 0.1) is 7.11 Å². The molecule has 1 aliphatic heterocycles. The Morgan fingerprint density at radius 2 is 1.72 bits per heavy atom. The summed E-state index contributed by atoms with van der Waals surface area (Å²) in [5.41, 5.74) is 3.10. The van der Waals surface area contributed by atoms with Gasteiger partial charge >= 0.3 is 0 Å². The molecule has 0 spiro atoms. The number of methoxy groups -OCH3 is 1. The number of nitrogens with one attached hydrogen (secondary N) is 1. The molecule has 0 aliphatic carbocycles. The quantitative estimate of drug-likeness (QED) is 0.811. The van der Waals surface area contributed by atoms with Crippen molar-refractivity contribution in [3.63, 3.8) is 0 Å². The van der Waals surface area contributed by atoms with E-state index in [2.05, 4.69) is 5.32 Å². The van der Waals surface area contributed by atoms with Crippen LogP contribution in [0.25, 0.3) is 0 Å². The number of likely N-dealkylation sites (tertiary alicyclic amines) is 1. The van der Waals surface area contributed by atoms with Crippen LogP contribution < -0.4 is 14.8 Å². The van der Waals surface area contributed by atoms with E-state index in [1.807, 2.05) is 44.2 Å². The number of piperidine rings is 1. The van der Waals surface area contributed by atoms with E-state index in [1.165, 1.54) is 0 Å². The van der Waals surface area contributed by atoms with Gasteiger partial charge in [-0.1, -0.05) is 24.3 Å². The Morgan fingerprint density at radius 3 is 2.41 bits per heavy atom. The van der Waals surface area contributed by atoms with E-state index in [1.54, 1.807) is 24.1 Å². The van der Waals surface area contributed by atoms with Crippen molar-refractivity contribution in [1.29, 1.82) is 0 Å². The van der Waals surface area contributed by atoms with Gasteiger partial charge in [-0.2, -0.15) is 0 Å². The zero-order valence-corrected chi connectivity index (χ0v) is 17.2. The third-order valence-corrected chi connectivity index (χ3v) is 5.50. The fourth-order valence-corrected chi connectivity index (χ4v) is 3.48. The predicted molar refractivity (Wildman–Crippen MR) is 112 cm³/mol. The smallest absolute Gasteiger partial charge is 0.260 e. The third kappa shape index (κ3) is 5.08. The first-order chi connectivity index (χ1) is 14.0. The molecule has 2 aromatic rings. The highest BCUT2D eigenvalue weighted by Crippen LogP contribution is 2.26. The van der Waals surface area contributed by atoms with Crippen molar-refractivity contribution >= 4 is 17.5 Å². The van der Waals surface area contributed by atoms with Crippen LogP contribution in [-0.4, -0.2) is 43.5 Å². The molecule has 3 rings (SSSR count). The first-order valence-electron chi connectivity index (χ1n) is 9.90. The summed E-state index contributed by atoms with van der Waals surface area (Å²) in [6, 6.07) is 13.1. The lowest BCUT2D eigenvalue weighted by Crippen LogP contribution is -2.43. The van der Waals surface area contributed by atoms with Gasteiger partial charge in [-0.05, 0) is 56.0 Å². The van der Waals surface area contributed by atoms with Gasteiger partial charge in [-0.15, -0.1) is 0 Å². The summed E-state index contributed by atoms with van der Waals surface area (Å²) >= 11 is 0. The standard InChI is InChI=1S/C23H28N2O4/c1-16-7-6-8-19(17(16)2)24-23(27)18-11-13-25(14-12-18)22(26)15-29-21-10-5-4-9-20(21)28-3/h4-10,18H,11-15H2,1-3H3,(H,24,27). The molecule has 6 nitrogen and oxygen atoms in total. The van der Waals surface area contributed by atoms with Crippen LogP contribution in [0.15, 0.2) is 42.5 Å². The first kappa shape index (κ1) is 20.7. The van der Waals surface area contributed by atoms with Crippen molar-refractivity contribution in [2.75, 3.05) is 32.1 Å². The molecular weight excluding hydrogens is 368 g/mol. The molecule has 0 unspecified atom stereocenters. The van der Waals surface area contributed by atoms with Gasteiger partial charge in [0, 0.05) is 24.7 Å². The number of hydrogen-bond acceptors (Lipinski definition) is 4. The molecule has 2 amide bonds. The summed E-state index contributed by atoms with van der Waals surface area (Å²) in [5, 5.41) is 3.04. The van der Waals surface area contributed by atoms with Crippen molar-refractivity contribution in [3.8, 4) is 11.5 Å². The van der Waals surface area contributed by atoms with Crippen molar-refractivity contribution in [3.05, 3.63) is 53.6 Å². The lowest BCUT2D eigenvalue weighted by Gasteiger charge is -2.31. The van der Waals surface area contributed by atoms with Crippen LogP contribution in [0.2, 0.25) is 0 Å². The molecule has 154 valence electrons. The molecular formula is C23H28N2O4. The SMILES string of the molecule is COc1ccccc1OCC(=O)N1CCC(C(=O)Nc2cccc(C)c2C)CC1. The third-order valence-electron chi connectivity index (χ3n) is 5.50. The van der Waals surface area contributed by atoms with Gasteiger partial charge in [-0.25, -0.2) is 0 Å². The number of hydrogen-bond donors (Lipinski definition) is 1. The fourth-order valence-electron chi connectivity index (χ4n) is 3.48. The highest BCUT2D eigenvalue weighted by atomic mass is 16.5. The lowest BCUT2D eigenvalue weighted by molar-refractivity contribution is -0.136. The van der Waals surface area contributed by atoms with Crippen molar-refractivity contribution in [2.45, 2.75) is 26.7 Å². The number of rotatable bonds is 6. The summed E-state index contributed by atoms with van der Waals surface area (Å²) in [6.07, 6.45) is 1.30. The second-order valence-corrected chi connectivity index (χ2v) is 7.33. The predicted octanol–water partition coefficient (Wildman–Crippen LogP) is 3.57. The largest absolute Gasteiger partial charge is 0.493 e. The summed E-state index contributed by atoms with van der Waals surface area (Å²) in [7, 11) is 1.57. The molecule has 2 aromatic carbocycles. The first-order valence-corrected chi connectivity index (χ1v) is 9.90. The molecule has 29 heavy (non-hydrogen) atoms. The maximum atomic E-state index is 12.6. The molecule has 0 saturated carbocycles. The number of nitrogens with zero attached hydrogens (tertiary/aromatic N) is 1. The van der Waals surface area contributed by atoms with Gasteiger partial charge in [0.15, 0.2) is 18.1 Å². The zero-order valence-electron chi connectivity index (χ0n) is 17.2. The Hall–Kier alpha value is -3.02. The number of benzene rings is 2. The Labute approximate surface area is 171 Å². The van der Waals surface area contributed by atoms with Crippen LogP contribution in [0, 0.1) is 19.8 Å². The number of carbonyl (C=O) groups excluding carboxylic acids is 2. The van der Waals surface area contributed by atoms with Gasteiger partial charge in [0.2, 0.25) is 5.91 Å². The Balaban J connectivity index is 1.48. The highest BCUT2D eigenvalue weighted by Gasteiger charge is 2.28. The van der Waals surface area contributed by atoms with Crippen LogP contribution in [0.5, 0.6) is 11.5 Å². The molecule has 1 N–H and O–H groups in total. The molecule has 1 aliphatic rings. The van der Waals surface area contributed by atoms with Crippen molar-refractivity contribution in [1.82, 2.24) is 4.90 Å². The van der Waals surface area contributed by atoms with Gasteiger partial charge in [0.25, 0.3) is 5.91 Å². The van der Waals surface area contributed by atoms with Crippen LogP contribution >= 0.6 is 0 Å². The van der Waals surface area contributed by atoms with E-state index in [-0.39, 0.29) is 24.3 Å². The van der Waals surface area contributed by atoms with E-state index in [0.717, 1.165) is 16.8 Å². The van der Waals surface area contributed by atoms with Crippen LogP contribution in [0.1, 0.15) is 24.0 Å². The maximum absolute atomic E-state index is 12.6. The zero-order chi connectivity index (χ0) is 20.8. The van der Waals surface area contributed by atoms with Gasteiger partial charge in [-0.3, -0.25) is 9.59 Å². The second-order valence-electron chi connectivity index (χ2n) is 7.33. The molecule has 1 heterocycles. The minimum absolute atomic E-state index is 0.0241. The fraction of sp³-hybridized carbons (Fsp3) is 0.391. The van der Waals surface area contributed by atoms with Crippen LogP contribution in [0.3, 0.4) is 0 Å². The van der Waals surface area contributed by atoms with Crippen LogP contribution in [0.4, 0.5) is 5.69 Å².